The highest BCUT2D eigenvalue weighted by atomic mass is 16.5. The average molecular weight is 338 g/mol. The number of hydrogen-bond acceptors (Lipinski definition) is 4. The Morgan fingerprint density at radius 3 is 2.48 bits per heavy atom. The van der Waals surface area contributed by atoms with Crippen molar-refractivity contribution in [2.75, 3.05) is 18.0 Å². The maximum Gasteiger partial charge on any atom is 0.333 e. The third kappa shape index (κ3) is 4.38. The fourth-order valence-corrected chi connectivity index (χ4v) is 2.85. The molecule has 1 aliphatic heterocycles. The molecule has 1 aliphatic rings. The summed E-state index contributed by atoms with van der Waals surface area (Å²) in [5.74, 6) is -0.307. The van der Waals surface area contributed by atoms with Gasteiger partial charge in [-0.15, -0.1) is 0 Å². The number of nitrogens with zero attached hydrogens (tertiary/aromatic N) is 1. The topological polar surface area (TPSA) is 58.6 Å². The second-order valence-corrected chi connectivity index (χ2v) is 6.17. The predicted molar refractivity (Wildman–Crippen MR) is 96.9 cm³/mol. The summed E-state index contributed by atoms with van der Waals surface area (Å²) in [7, 11) is 0. The second kappa shape index (κ2) is 7.83. The third-order valence-electron chi connectivity index (χ3n) is 4.24. The number of rotatable bonds is 5. The lowest BCUT2D eigenvalue weighted by Crippen LogP contribution is -2.40. The van der Waals surface area contributed by atoms with Crippen LogP contribution in [0, 0.1) is 0 Å². The van der Waals surface area contributed by atoms with Crippen LogP contribution in [0.1, 0.15) is 30.1 Å². The Kier molecular flexibility index (Phi) is 5.33. The first-order valence-electron chi connectivity index (χ1n) is 8.56. The molecule has 1 saturated heterocycles. The van der Waals surface area contributed by atoms with Crippen LogP contribution in [0.25, 0.3) is 0 Å². The number of benzene rings is 2. The quantitative estimate of drug-likeness (QED) is 0.672. The highest BCUT2D eigenvalue weighted by molar-refractivity contribution is 5.97. The lowest BCUT2D eigenvalue weighted by atomic mass is 10.1. The van der Waals surface area contributed by atoms with E-state index in [-0.39, 0.29) is 5.91 Å². The molecule has 1 amide bonds. The third-order valence-corrected chi connectivity index (χ3v) is 4.24. The summed E-state index contributed by atoms with van der Waals surface area (Å²) in [5.41, 5.74) is 1.59. The van der Waals surface area contributed by atoms with Crippen LogP contribution < -0.4 is 15.0 Å². The van der Waals surface area contributed by atoms with Gasteiger partial charge in [0.2, 0.25) is 0 Å². The van der Waals surface area contributed by atoms with Crippen molar-refractivity contribution in [3.05, 3.63) is 60.2 Å². The van der Waals surface area contributed by atoms with Crippen molar-refractivity contribution in [1.82, 2.24) is 5.32 Å². The maximum atomic E-state index is 12.4. The number of anilines is 1. The first kappa shape index (κ1) is 17.0. The number of carbonyl (C=O) groups is 2. The number of hydrogen-bond donors (Lipinski definition) is 1. The minimum absolute atomic E-state index is 0.279. The molecule has 0 saturated carbocycles. The Morgan fingerprint density at radius 2 is 1.76 bits per heavy atom. The largest absolute Gasteiger partial charge is 0.425 e. The van der Waals surface area contributed by atoms with Crippen molar-refractivity contribution in [2.24, 2.45) is 0 Å². The van der Waals surface area contributed by atoms with Gasteiger partial charge >= 0.3 is 5.97 Å². The first-order chi connectivity index (χ1) is 12.1. The van der Waals surface area contributed by atoms with Crippen molar-refractivity contribution in [2.45, 2.75) is 25.8 Å². The molecule has 5 heteroatoms. The van der Waals surface area contributed by atoms with Crippen LogP contribution in [0.2, 0.25) is 0 Å². The summed E-state index contributed by atoms with van der Waals surface area (Å²) >= 11 is 0. The zero-order chi connectivity index (χ0) is 17.6. The molecular weight excluding hydrogens is 316 g/mol. The van der Waals surface area contributed by atoms with Crippen LogP contribution in [0.4, 0.5) is 5.69 Å². The van der Waals surface area contributed by atoms with E-state index in [1.54, 1.807) is 37.3 Å². The van der Waals surface area contributed by atoms with Gasteiger partial charge < -0.3 is 15.0 Å². The summed E-state index contributed by atoms with van der Waals surface area (Å²) in [6.45, 7) is 3.66. The molecule has 0 radical (unpaired) electrons. The molecule has 0 spiro atoms. The normalized spacial score (nSPS) is 14.8. The molecule has 0 aromatic heterocycles. The van der Waals surface area contributed by atoms with Crippen LogP contribution >= 0.6 is 0 Å². The molecular formula is C20H22N2O3. The lowest BCUT2D eigenvalue weighted by Gasteiger charge is -2.18. The molecule has 1 fully saturated rings. The lowest BCUT2D eigenvalue weighted by molar-refractivity contribution is -0.136. The van der Waals surface area contributed by atoms with Gasteiger partial charge in [-0.2, -0.15) is 0 Å². The van der Waals surface area contributed by atoms with E-state index in [0.717, 1.165) is 18.8 Å². The number of ether oxygens (including phenoxy) is 1. The van der Waals surface area contributed by atoms with E-state index in [1.165, 1.54) is 12.8 Å². The van der Waals surface area contributed by atoms with Gasteiger partial charge in [0.1, 0.15) is 11.8 Å². The first-order valence-corrected chi connectivity index (χ1v) is 8.56. The van der Waals surface area contributed by atoms with Gasteiger partial charge in [0, 0.05) is 24.3 Å². The van der Waals surface area contributed by atoms with Crippen LogP contribution in [-0.4, -0.2) is 31.0 Å². The molecule has 5 nitrogen and oxygen atoms in total. The monoisotopic (exact) mass is 338 g/mol. The van der Waals surface area contributed by atoms with Gasteiger partial charge in [0.25, 0.3) is 5.91 Å². The Morgan fingerprint density at radius 1 is 1.04 bits per heavy atom. The number of amides is 1. The van der Waals surface area contributed by atoms with E-state index >= 15 is 0 Å². The van der Waals surface area contributed by atoms with Gasteiger partial charge in [-0.05, 0) is 50.1 Å². The molecule has 1 heterocycles. The highest BCUT2D eigenvalue weighted by Gasteiger charge is 2.20. The average Bonchev–Trinajstić information content (AvgIpc) is 3.17. The SMILES string of the molecule is C[C@H](NC(=O)c1cccc(N2CCCC2)c1)C(=O)Oc1ccccc1. The van der Waals surface area contributed by atoms with Crippen molar-refractivity contribution >= 4 is 17.6 Å². The Hall–Kier alpha value is -2.82. The highest BCUT2D eigenvalue weighted by Crippen LogP contribution is 2.21. The molecule has 0 aliphatic carbocycles. The van der Waals surface area contributed by atoms with Gasteiger partial charge in [-0.3, -0.25) is 4.79 Å². The second-order valence-electron chi connectivity index (χ2n) is 6.17. The van der Waals surface area contributed by atoms with Crippen molar-refractivity contribution in [3.8, 4) is 5.75 Å². The van der Waals surface area contributed by atoms with E-state index in [2.05, 4.69) is 10.2 Å². The fourth-order valence-electron chi connectivity index (χ4n) is 2.85. The Balaban J connectivity index is 1.61. The Bertz CT molecular complexity index is 740. The number of carbonyl (C=O) groups excluding carboxylic acids is 2. The van der Waals surface area contributed by atoms with Crippen molar-refractivity contribution in [1.29, 1.82) is 0 Å². The van der Waals surface area contributed by atoms with E-state index in [4.69, 9.17) is 4.74 Å². The summed E-state index contributed by atoms with van der Waals surface area (Å²) in [5, 5.41) is 2.70. The van der Waals surface area contributed by atoms with Crippen LogP contribution in [0.15, 0.2) is 54.6 Å². The molecule has 1 N–H and O–H groups in total. The molecule has 0 unspecified atom stereocenters. The molecule has 3 rings (SSSR count). The van der Waals surface area contributed by atoms with Gasteiger partial charge in [-0.1, -0.05) is 24.3 Å². The molecule has 1 atom stereocenters. The molecule has 2 aromatic carbocycles. The smallest absolute Gasteiger partial charge is 0.333 e. The summed E-state index contributed by atoms with van der Waals surface area (Å²) < 4.78 is 5.26. The van der Waals surface area contributed by atoms with E-state index in [1.807, 2.05) is 24.3 Å². The van der Waals surface area contributed by atoms with Crippen molar-refractivity contribution in [3.63, 3.8) is 0 Å². The van der Waals surface area contributed by atoms with Crippen molar-refractivity contribution < 1.29 is 14.3 Å². The zero-order valence-corrected chi connectivity index (χ0v) is 14.3. The fraction of sp³-hybridized carbons (Fsp3) is 0.300. The molecule has 0 bridgehead atoms. The van der Waals surface area contributed by atoms with Gasteiger partial charge in [0.15, 0.2) is 0 Å². The van der Waals surface area contributed by atoms with Gasteiger partial charge in [0.05, 0.1) is 0 Å². The summed E-state index contributed by atoms with van der Waals surface area (Å²) in [4.78, 5) is 26.8. The maximum absolute atomic E-state index is 12.4. The standard InChI is InChI=1S/C20H22N2O3/c1-15(20(24)25-18-10-3-2-4-11-18)21-19(23)16-8-7-9-17(14-16)22-12-5-6-13-22/h2-4,7-11,14-15H,5-6,12-13H2,1H3,(H,21,23)/t15-/m0/s1. The van der Waals surface area contributed by atoms with Crippen LogP contribution in [0.5, 0.6) is 5.75 Å². The minimum Gasteiger partial charge on any atom is -0.425 e. The molecule has 130 valence electrons. The Labute approximate surface area is 147 Å². The molecule has 25 heavy (non-hydrogen) atoms. The number of para-hydroxylation sites is 1. The summed E-state index contributed by atoms with van der Waals surface area (Å²) in [6, 6.07) is 15.6. The summed E-state index contributed by atoms with van der Waals surface area (Å²) in [6.07, 6.45) is 2.36. The number of nitrogens with one attached hydrogen (secondary N) is 1. The van der Waals surface area contributed by atoms with E-state index < -0.39 is 12.0 Å². The minimum atomic E-state index is -0.733. The predicted octanol–water partition coefficient (Wildman–Crippen LogP) is 3.01. The number of esters is 1. The zero-order valence-electron chi connectivity index (χ0n) is 14.3. The van der Waals surface area contributed by atoms with E-state index in [9.17, 15) is 9.59 Å². The van der Waals surface area contributed by atoms with E-state index in [0.29, 0.717) is 11.3 Å². The molecule has 2 aromatic rings. The van der Waals surface area contributed by atoms with Crippen LogP contribution in [0.3, 0.4) is 0 Å². The van der Waals surface area contributed by atoms with Crippen LogP contribution in [-0.2, 0) is 4.79 Å². The van der Waals surface area contributed by atoms with Gasteiger partial charge in [-0.25, -0.2) is 4.79 Å².